The fourth-order valence-corrected chi connectivity index (χ4v) is 1.87. The Morgan fingerprint density at radius 3 is 2.84 bits per heavy atom. The first kappa shape index (κ1) is 13.1. The Labute approximate surface area is 109 Å². The number of nitrogens with one attached hydrogen (secondary N) is 2. The van der Waals surface area contributed by atoms with Crippen molar-refractivity contribution in [2.45, 2.75) is 18.9 Å². The maximum Gasteiger partial charge on any atom is 0.249 e. The molecule has 1 atom stereocenters. The molecular formula is C12H14FN3O3. The van der Waals surface area contributed by atoms with Crippen LogP contribution in [-0.4, -0.2) is 25.0 Å². The van der Waals surface area contributed by atoms with Crippen LogP contribution in [0.15, 0.2) is 12.1 Å². The number of rotatable bonds is 3. The second-order valence-electron chi connectivity index (χ2n) is 4.22. The minimum absolute atomic E-state index is 0.0315. The van der Waals surface area contributed by atoms with Crippen molar-refractivity contribution in [3.05, 3.63) is 17.9 Å². The SMILES string of the molecule is COc1cc(NC2CCC(=O)NC2=O)c(N)cc1F. The Morgan fingerprint density at radius 1 is 1.47 bits per heavy atom. The van der Waals surface area contributed by atoms with Crippen LogP contribution < -0.4 is 21.1 Å². The van der Waals surface area contributed by atoms with Crippen molar-refractivity contribution in [2.24, 2.45) is 0 Å². The Morgan fingerprint density at radius 2 is 2.21 bits per heavy atom. The molecular weight excluding hydrogens is 253 g/mol. The van der Waals surface area contributed by atoms with Gasteiger partial charge in [0.25, 0.3) is 0 Å². The summed E-state index contributed by atoms with van der Waals surface area (Å²) in [5.41, 5.74) is 6.24. The van der Waals surface area contributed by atoms with Gasteiger partial charge in [-0.15, -0.1) is 0 Å². The van der Waals surface area contributed by atoms with Crippen LogP contribution in [0.4, 0.5) is 15.8 Å². The third kappa shape index (κ3) is 2.75. The second-order valence-corrected chi connectivity index (χ2v) is 4.22. The van der Waals surface area contributed by atoms with E-state index >= 15 is 0 Å². The van der Waals surface area contributed by atoms with Crippen molar-refractivity contribution >= 4 is 23.2 Å². The van der Waals surface area contributed by atoms with Gasteiger partial charge in [-0.25, -0.2) is 4.39 Å². The summed E-state index contributed by atoms with van der Waals surface area (Å²) in [6.45, 7) is 0. The first-order valence-corrected chi connectivity index (χ1v) is 5.74. The van der Waals surface area contributed by atoms with Gasteiger partial charge in [0.2, 0.25) is 11.8 Å². The highest BCUT2D eigenvalue weighted by Gasteiger charge is 2.27. The molecule has 6 nitrogen and oxygen atoms in total. The van der Waals surface area contributed by atoms with Gasteiger partial charge in [-0.05, 0) is 6.42 Å². The number of nitrogens with two attached hydrogens (primary N) is 1. The summed E-state index contributed by atoms with van der Waals surface area (Å²) in [5.74, 6) is -1.26. The predicted octanol–water partition coefficient (Wildman–Crippen LogP) is 0.634. The molecule has 0 aliphatic carbocycles. The number of imide groups is 1. The summed E-state index contributed by atoms with van der Waals surface area (Å²) in [6.07, 6.45) is 0.617. The molecule has 0 radical (unpaired) electrons. The van der Waals surface area contributed by atoms with E-state index in [2.05, 4.69) is 10.6 Å². The first-order chi connectivity index (χ1) is 9.01. The van der Waals surface area contributed by atoms with Gasteiger partial charge in [0, 0.05) is 18.6 Å². The highest BCUT2D eigenvalue weighted by molar-refractivity contribution is 6.01. The Bertz CT molecular complexity index is 533. The molecule has 1 saturated heterocycles. The van der Waals surface area contributed by atoms with Gasteiger partial charge in [0.05, 0.1) is 18.5 Å². The highest BCUT2D eigenvalue weighted by Crippen LogP contribution is 2.29. The standard InChI is InChI=1S/C12H14FN3O3/c1-19-10-5-9(7(14)4-6(10)13)15-8-2-3-11(17)16-12(8)18/h4-5,8,15H,2-3,14H2,1H3,(H,16,17,18). The number of halogens is 1. The molecule has 0 saturated carbocycles. The summed E-state index contributed by atoms with van der Waals surface area (Å²) in [6, 6.07) is 1.93. The van der Waals surface area contributed by atoms with Crippen molar-refractivity contribution in [3.63, 3.8) is 0 Å². The fourth-order valence-electron chi connectivity index (χ4n) is 1.87. The van der Waals surface area contributed by atoms with Crippen molar-refractivity contribution < 1.29 is 18.7 Å². The van der Waals surface area contributed by atoms with Crippen LogP contribution in [-0.2, 0) is 9.59 Å². The van der Waals surface area contributed by atoms with E-state index in [9.17, 15) is 14.0 Å². The van der Waals surface area contributed by atoms with E-state index in [4.69, 9.17) is 10.5 Å². The van der Waals surface area contributed by atoms with Gasteiger partial charge in [-0.2, -0.15) is 0 Å². The lowest BCUT2D eigenvalue weighted by molar-refractivity contribution is -0.133. The number of hydrogen-bond donors (Lipinski definition) is 3. The van der Waals surface area contributed by atoms with Gasteiger partial charge >= 0.3 is 0 Å². The zero-order valence-corrected chi connectivity index (χ0v) is 10.3. The number of amides is 2. The van der Waals surface area contributed by atoms with E-state index in [-0.39, 0.29) is 23.8 Å². The van der Waals surface area contributed by atoms with E-state index in [1.165, 1.54) is 13.2 Å². The molecule has 1 aliphatic heterocycles. The van der Waals surface area contributed by atoms with Gasteiger partial charge in [-0.1, -0.05) is 0 Å². The lowest BCUT2D eigenvalue weighted by Gasteiger charge is -2.23. The molecule has 1 fully saturated rings. The fraction of sp³-hybridized carbons (Fsp3) is 0.333. The third-order valence-electron chi connectivity index (χ3n) is 2.89. The van der Waals surface area contributed by atoms with Crippen molar-refractivity contribution in [1.82, 2.24) is 5.32 Å². The number of anilines is 2. The molecule has 1 heterocycles. The number of hydrogen-bond acceptors (Lipinski definition) is 5. The molecule has 0 aromatic heterocycles. The van der Waals surface area contributed by atoms with E-state index < -0.39 is 17.8 Å². The predicted molar refractivity (Wildman–Crippen MR) is 67.2 cm³/mol. The summed E-state index contributed by atoms with van der Waals surface area (Å²) in [4.78, 5) is 22.6. The number of carbonyl (C=O) groups is 2. The van der Waals surface area contributed by atoms with Gasteiger partial charge in [0.15, 0.2) is 11.6 Å². The van der Waals surface area contributed by atoms with Gasteiger partial charge in [0.1, 0.15) is 6.04 Å². The number of carbonyl (C=O) groups excluding carboxylic acids is 2. The van der Waals surface area contributed by atoms with E-state index in [0.29, 0.717) is 12.1 Å². The Hall–Kier alpha value is -2.31. The number of piperidine rings is 1. The molecule has 2 rings (SSSR count). The van der Waals surface area contributed by atoms with Crippen molar-refractivity contribution in [3.8, 4) is 5.75 Å². The molecule has 0 bridgehead atoms. The Balaban J connectivity index is 2.19. The second kappa shape index (κ2) is 5.13. The lowest BCUT2D eigenvalue weighted by atomic mass is 10.1. The number of benzene rings is 1. The van der Waals surface area contributed by atoms with Crippen LogP contribution >= 0.6 is 0 Å². The van der Waals surface area contributed by atoms with Crippen LogP contribution in [0.5, 0.6) is 5.75 Å². The van der Waals surface area contributed by atoms with Crippen LogP contribution in [0, 0.1) is 5.82 Å². The molecule has 102 valence electrons. The Kier molecular flexibility index (Phi) is 3.55. The average molecular weight is 267 g/mol. The smallest absolute Gasteiger partial charge is 0.249 e. The number of nitrogen functional groups attached to an aromatic ring is 1. The largest absolute Gasteiger partial charge is 0.494 e. The number of methoxy groups -OCH3 is 1. The maximum absolute atomic E-state index is 13.4. The molecule has 4 N–H and O–H groups in total. The van der Waals surface area contributed by atoms with Gasteiger partial charge < -0.3 is 15.8 Å². The third-order valence-corrected chi connectivity index (χ3v) is 2.89. The van der Waals surface area contributed by atoms with Crippen LogP contribution in [0.1, 0.15) is 12.8 Å². The summed E-state index contributed by atoms with van der Waals surface area (Å²) in [7, 11) is 1.34. The highest BCUT2D eigenvalue weighted by atomic mass is 19.1. The molecule has 1 aromatic carbocycles. The maximum atomic E-state index is 13.4. The van der Waals surface area contributed by atoms with Crippen molar-refractivity contribution in [1.29, 1.82) is 0 Å². The summed E-state index contributed by atoms with van der Waals surface area (Å²) < 4.78 is 18.2. The molecule has 1 unspecified atom stereocenters. The molecule has 7 heteroatoms. The minimum atomic E-state index is -0.575. The molecule has 1 aromatic rings. The van der Waals surface area contributed by atoms with E-state index in [1.54, 1.807) is 0 Å². The van der Waals surface area contributed by atoms with E-state index in [1.807, 2.05) is 0 Å². The molecule has 1 aliphatic rings. The quantitative estimate of drug-likeness (QED) is 0.552. The first-order valence-electron chi connectivity index (χ1n) is 5.74. The van der Waals surface area contributed by atoms with E-state index in [0.717, 1.165) is 6.07 Å². The zero-order chi connectivity index (χ0) is 14.0. The molecule has 19 heavy (non-hydrogen) atoms. The average Bonchev–Trinajstić information content (AvgIpc) is 2.35. The molecule has 2 amide bonds. The monoisotopic (exact) mass is 267 g/mol. The van der Waals surface area contributed by atoms with Crippen LogP contribution in [0.25, 0.3) is 0 Å². The van der Waals surface area contributed by atoms with Crippen molar-refractivity contribution in [2.75, 3.05) is 18.2 Å². The number of ether oxygens (including phenoxy) is 1. The van der Waals surface area contributed by atoms with Crippen LogP contribution in [0.2, 0.25) is 0 Å². The van der Waals surface area contributed by atoms with Gasteiger partial charge in [-0.3, -0.25) is 14.9 Å². The van der Waals surface area contributed by atoms with Crippen LogP contribution in [0.3, 0.4) is 0 Å². The summed E-state index contributed by atoms with van der Waals surface area (Å²) >= 11 is 0. The lowest BCUT2D eigenvalue weighted by Crippen LogP contribution is -2.47. The zero-order valence-electron chi connectivity index (χ0n) is 10.3. The summed E-state index contributed by atoms with van der Waals surface area (Å²) in [5, 5.41) is 5.11. The molecule has 0 spiro atoms. The normalized spacial score (nSPS) is 18.9. The minimum Gasteiger partial charge on any atom is -0.494 e. The topological polar surface area (TPSA) is 93.5 Å².